The lowest BCUT2D eigenvalue weighted by Crippen LogP contribution is -2.05. The molecule has 0 aliphatic rings. The van der Waals surface area contributed by atoms with Gasteiger partial charge >= 0.3 is 6.18 Å². The number of anilines is 4. The smallest absolute Gasteiger partial charge is 0.340 e. The van der Waals surface area contributed by atoms with Crippen molar-refractivity contribution in [2.24, 2.45) is 0 Å². The van der Waals surface area contributed by atoms with Crippen LogP contribution in [0, 0.1) is 13.8 Å². The third-order valence-electron chi connectivity index (χ3n) is 3.99. The van der Waals surface area contributed by atoms with Crippen molar-refractivity contribution >= 4 is 23.1 Å². The molecule has 3 rings (SSSR count). The van der Waals surface area contributed by atoms with E-state index in [1.54, 1.807) is 12.3 Å². The fourth-order valence-electron chi connectivity index (χ4n) is 2.38. The summed E-state index contributed by atoms with van der Waals surface area (Å²) >= 11 is 0. The highest BCUT2D eigenvalue weighted by atomic mass is 19.4. The van der Waals surface area contributed by atoms with Crippen molar-refractivity contribution in [3.05, 3.63) is 71.4 Å². The minimum atomic E-state index is -4.36. The molecule has 26 heavy (non-hydrogen) atoms. The van der Waals surface area contributed by atoms with Crippen LogP contribution in [0.15, 0.2) is 54.7 Å². The molecule has 2 N–H and O–H groups in total. The highest BCUT2D eigenvalue weighted by molar-refractivity contribution is 5.63. The molecular weight excluding hydrogens is 341 g/mol. The third-order valence-corrected chi connectivity index (χ3v) is 3.99. The van der Waals surface area contributed by atoms with Crippen molar-refractivity contribution in [2.45, 2.75) is 20.0 Å². The van der Waals surface area contributed by atoms with Gasteiger partial charge in [0.1, 0.15) is 5.82 Å². The molecule has 0 unspecified atom stereocenters. The number of benzene rings is 2. The van der Waals surface area contributed by atoms with Gasteiger partial charge in [-0.1, -0.05) is 12.1 Å². The van der Waals surface area contributed by atoms with Gasteiger partial charge in [-0.3, -0.25) is 0 Å². The van der Waals surface area contributed by atoms with Gasteiger partial charge in [-0.2, -0.15) is 18.2 Å². The summed E-state index contributed by atoms with van der Waals surface area (Å²) in [5.41, 5.74) is 2.98. The largest absolute Gasteiger partial charge is 0.416 e. The number of aryl methyl sites for hydroxylation is 1. The second-order valence-electron chi connectivity index (χ2n) is 5.84. The molecule has 7 heteroatoms. The molecule has 2 aromatic carbocycles. The Kier molecular flexibility index (Phi) is 4.79. The van der Waals surface area contributed by atoms with Gasteiger partial charge in [0, 0.05) is 17.6 Å². The molecule has 1 aromatic heterocycles. The average molecular weight is 358 g/mol. The molecule has 0 saturated carbocycles. The van der Waals surface area contributed by atoms with Gasteiger partial charge in [-0.05, 0) is 61.4 Å². The Bertz CT molecular complexity index is 905. The number of halogens is 3. The molecule has 0 fully saturated rings. The monoisotopic (exact) mass is 358 g/mol. The van der Waals surface area contributed by atoms with Crippen LogP contribution in [0.3, 0.4) is 0 Å². The summed E-state index contributed by atoms with van der Waals surface area (Å²) in [7, 11) is 0. The van der Waals surface area contributed by atoms with Crippen LogP contribution in [0.1, 0.15) is 16.7 Å². The molecule has 0 atom stereocenters. The van der Waals surface area contributed by atoms with Crippen LogP contribution in [-0.2, 0) is 6.18 Å². The van der Waals surface area contributed by atoms with Crippen molar-refractivity contribution in [1.29, 1.82) is 0 Å². The van der Waals surface area contributed by atoms with Crippen LogP contribution >= 0.6 is 0 Å². The zero-order valence-electron chi connectivity index (χ0n) is 14.2. The van der Waals surface area contributed by atoms with Crippen LogP contribution in [-0.4, -0.2) is 9.97 Å². The number of aromatic nitrogens is 2. The molecule has 0 radical (unpaired) electrons. The van der Waals surface area contributed by atoms with E-state index in [9.17, 15) is 13.2 Å². The van der Waals surface area contributed by atoms with Gasteiger partial charge in [0.25, 0.3) is 0 Å². The predicted octanol–water partition coefficient (Wildman–Crippen LogP) is 5.60. The SMILES string of the molecule is Cc1cccc(Nc2ccnc(Nc3ccc(C(F)(F)F)cc3)n2)c1C. The Morgan fingerprint density at radius 2 is 1.62 bits per heavy atom. The fourth-order valence-corrected chi connectivity index (χ4v) is 2.38. The van der Waals surface area contributed by atoms with E-state index >= 15 is 0 Å². The van der Waals surface area contributed by atoms with Crippen LogP contribution in [0.2, 0.25) is 0 Å². The summed E-state index contributed by atoms with van der Waals surface area (Å²) in [5, 5.41) is 6.13. The van der Waals surface area contributed by atoms with Crippen molar-refractivity contribution in [1.82, 2.24) is 9.97 Å². The Morgan fingerprint density at radius 1 is 0.885 bits per heavy atom. The third kappa shape index (κ3) is 4.11. The number of alkyl halides is 3. The summed E-state index contributed by atoms with van der Waals surface area (Å²) in [4.78, 5) is 8.45. The first-order valence-corrected chi connectivity index (χ1v) is 7.93. The topological polar surface area (TPSA) is 49.8 Å². The van der Waals surface area contributed by atoms with Gasteiger partial charge in [-0.15, -0.1) is 0 Å². The Hall–Kier alpha value is -3.09. The van der Waals surface area contributed by atoms with E-state index in [1.165, 1.54) is 12.1 Å². The first-order chi connectivity index (χ1) is 12.3. The Labute approximate surface area is 149 Å². The number of nitrogens with zero attached hydrogens (tertiary/aromatic N) is 2. The van der Waals surface area contributed by atoms with Crippen molar-refractivity contribution in [3.63, 3.8) is 0 Å². The maximum Gasteiger partial charge on any atom is 0.416 e. The lowest BCUT2D eigenvalue weighted by molar-refractivity contribution is -0.137. The maximum atomic E-state index is 12.6. The zero-order valence-corrected chi connectivity index (χ0v) is 14.2. The predicted molar refractivity (Wildman–Crippen MR) is 96.0 cm³/mol. The van der Waals surface area contributed by atoms with Gasteiger partial charge in [0.15, 0.2) is 0 Å². The minimum Gasteiger partial charge on any atom is -0.340 e. The quantitative estimate of drug-likeness (QED) is 0.637. The molecule has 0 bridgehead atoms. The maximum absolute atomic E-state index is 12.6. The van der Waals surface area contributed by atoms with Gasteiger partial charge in [0.2, 0.25) is 5.95 Å². The van der Waals surface area contributed by atoms with Crippen LogP contribution < -0.4 is 10.6 Å². The van der Waals surface area contributed by atoms with Crippen LogP contribution in [0.5, 0.6) is 0 Å². The summed E-state index contributed by atoms with van der Waals surface area (Å²) in [6.07, 6.45) is -2.78. The van der Waals surface area contributed by atoms with Crippen LogP contribution in [0.4, 0.5) is 36.3 Å². The van der Waals surface area contributed by atoms with E-state index in [2.05, 4.69) is 20.6 Å². The molecule has 4 nitrogen and oxygen atoms in total. The van der Waals surface area contributed by atoms with E-state index in [0.29, 0.717) is 17.5 Å². The molecule has 3 aromatic rings. The molecule has 0 aliphatic heterocycles. The molecular formula is C19H17F3N4. The van der Waals surface area contributed by atoms with Gasteiger partial charge in [0.05, 0.1) is 5.56 Å². The number of nitrogens with one attached hydrogen (secondary N) is 2. The van der Waals surface area contributed by atoms with E-state index in [0.717, 1.165) is 28.9 Å². The summed E-state index contributed by atoms with van der Waals surface area (Å²) in [6.45, 7) is 4.04. The van der Waals surface area contributed by atoms with Crippen molar-refractivity contribution in [2.75, 3.05) is 10.6 Å². The molecule has 0 saturated heterocycles. The van der Waals surface area contributed by atoms with E-state index in [4.69, 9.17) is 0 Å². The second kappa shape index (κ2) is 7.03. The van der Waals surface area contributed by atoms with Crippen molar-refractivity contribution < 1.29 is 13.2 Å². The lowest BCUT2D eigenvalue weighted by atomic mass is 10.1. The standard InChI is InChI=1S/C19H17F3N4/c1-12-4-3-5-16(13(12)2)25-17-10-11-23-18(26-17)24-15-8-6-14(7-9-15)19(20,21)22/h3-11H,1-2H3,(H2,23,24,25,26). The Balaban J connectivity index is 1.76. The minimum absolute atomic E-state index is 0.292. The number of hydrogen-bond acceptors (Lipinski definition) is 4. The van der Waals surface area contributed by atoms with E-state index in [1.807, 2.05) is 32.0 Å². The zero-order chi connectivity index (χ0) is 18.7. The van der Waals surface area contributed by atoms with E-state index < -0.39 is 11.7 Å². The van der Waals surface area contributed by atoms with E-state index in [-0.39, 0.29) is 0 Å². The summed E-state index contributed by atoms with van der Waals surface area (Å²) < 4.78 is 37.8. The molecule has 0 amide bonds. The highest BCUT2D eigenvalue weighted by Crippen LogP contribution is 2.30. The lowest BCUT2D eigenvalue weighted by Gasteiger charge is -2.12. The van der Waals surface area contributed by atoms with Crippen molar-refractivity contribution in [3.8, 4) is 0 Å². The first kappa shape index (κ1) is 17.7. The highest BCUT2D eigenvalue weighted by Gasteiger charge is 2.29. The number of hydrogen-bond donors (Lipinski definition) is 2. The first-order valence-electron chi connectivity index (χ1n) is 7.93. The van der Waals surface area contributed by atoms with Crippen LogP contribution in [0.25, 0.3) is 0 Å². The fraction of sp³-hybridized carbons (Fsp3) is 0.158. The summed E-state index contributed by atoms with van der Waals surface area (Å²) in [5.74, 6) is 0.878. The molecule has 0 spiro atoms. The Morgan fingerprint density at radius 3 is 2.31 bits per heavy atom. The average Bonchev–Trinajstić information content (AvgIpc) is 2.59. The second-order valence-corrected chi connectivity index (χ2v) is 5.84. The molecule has 0 aliphatic carbocycles. The molecule has 1 heterocycles. The molecule has 134 valence electrons. The number of rotatable bonds is 4. The van der Waals surface area contributed by atoms with Gasteiger partial charge in [-0.25, -0.2) is 4.98 Å². The van der Waals surface area contributed by atoms with Gasteiger partial charge < -0.3 is 10.6 Å². The summed E-state index contributed by atoms with van der Waals surface area (Å²) in [6, 6.07) is 12.4. The normalized spacial score (nSPS) is 11.3.